The van der Waals surface area contributed by atoms with Crippen molar-refractivity contribution in [3.63, 3.8) is 0 Å². The first-order chi connectivity index (χ1) is 12.8. The number of benzene rings is 3. The molecule has 1 aliphatic heterocycles. The van der Waals surface area contributed by atoms with E-state index < -0.39 is 14.9 Å². The van der Waals surface area contributed by atoms with E-state index in [1.165, 1.54) is 24.3 Å². The molecule has 1 amide bonds. The number of rotatable bonds is 4. The lowest BCUT2D eigenvalue weighted by Crippen LogP contribution is -2.14. The highest BCUT2D eigenvalue weighted by Gasteiger charge is 2.26. The first kappa shape index (κ1) is 17.0. The Morgan fingerprint density at radius 2 is 1.89 bits per heavy atom. The lowest BCUT2D eigenvalue weighted by molar-refractivity contribution is -0.384. The number of nitro benzene ring substituents is 1. The fourth-order valence-electron chi connectivity index (χ4n) is 3.17. The molecule has 0 bridgehead atoms. The van der Waals surface area contributed by atoms with Crippen LogP contribution >= 0.6 is 0 Å². The lowest BCUT2D eigenvalue weighted by atomic mass is 10.1. The summed E-state index contributed by atoms with van der Waals surface area (Å²) in [6, 6.07) is 11.8. The van der Waals surface area contributed by atoms with E-state index in [1.54, 1.807) is 31.2 Å². The second kappa shape index (κ2) is 5.78. The summed E-state index contributed by atoms with van der Waals surface area (Å²) in [4.78, 5) is 22.3. The molecule has 0 atom stereocenters. The van der Waals surface area contributed by atoms with Gasteiger partial charge in [0.15, 0.2) is 0 Å². The van der Waals surface area contributed by atoms with E-state index >= 15 is 0 Å². The highest BCUT2D eigenvalue weighted by atomic mass is 32.2. The molecule has 0 aromatic heterocycles. The van der Waals surface area contributed by atoms with Crippen molar-refractivity contribution >= 4 is 43.8 Å². The zero-order valence-electron chi connectivity index (χ0n) is 14.0. The third-order valence-corrected chi connectivity index (χ3v) is 5.87. The van der Waals surface area contributed by atoms with Gasteiger partial charge in [0, 0.05) is 34.2 Å². The summed E-state index contributed by atoms with van der Waals surface area (Å²) in [6.07, 6.45) is 0. The van der Waals surface area contributed by atoms with E-state index in [0.29, 0.717) is 27.6 Å². The van der Waals surface area contributed by atoms with E-state index in [9.17, 15) is 23.3 Å². The van der Waals surface area contributed by atoms with Gasteiger partial charge in [-0.2, -0.15) is 0 Å². The summed E-state index contributed by atoms with van der Waals surface area (Å²) < 4.78 is 28.4. The summed E-state index contributed by atoms with van der Waals surface area (Å²) >= 11 is 0. The summed E-state index contributed by atoms with van der Waals surface area (Å²) in [5, 5.41) is 14.5. The number of amides is 1. The lowest BCUT2D eigenvalue weighted by Gasteiger charge is -2.13. The normalized spacial score (nSPS) is 12.9. The molecular formula is C18H13N3O5S. The molecule has 2 N–H and O–H groups in total. The van der Waals surface area contributed by atoms with Crippen LogP contribution in [0.25, 0.3) is 10.8 Å². The zero-order chi connectivity index (χ0) is 19.3. The van der Waals surface area contributed by atoms with Gasteiger partial charge in [-0.1, -0.05) is 12.1 Å². The Bertz CT molecular complexity index is 1250. The number of nitrogens with one attached hydrogen (secondary N) is 2. The number of hydrogen-bond donors (Lipinski definition) is 2. The standard InChI is InChI=1S/C18H13N3O5S/c1-10-9-11(21(23)24)5-6-14(10)20-27(25,26)16-8-7-15-17-12(16)3-2-4-13(17)18(22)19-15/h2-9,20H,1H3,(H,19,22). The second-order valence-electron chi connectivity index (χ2n) is 6.16. The maximum atomic E-state index is 13.0. The van der Waals surface area contributed by atoms with Gasteiger partial charge in [-0.05, 0) is 36.8 Å². The molecule has 0 fully saturated rings. The van der Waals surface area contributed by atoms with Crippen molar-refractivity contribution in [1.29, 1.82) is 0 Å². The summed E-state index contributed by atoms with van der Waals surface area (Å²) in [5.74, 6) is -0.274. The van der Waals surface area contributed by atoms with Gasteiger partial charge in [0.05, 0.1) is 15.5 Å². The average Bonchev–Trinajstić information content (AvgIpc) is 2.94. The molecular weight excluding hydrogens is 370 g/mol. The van der Waals surface area contributed by atoms with Crippen LogP contribution in [0.3, 0.4) is 0 Å². The van der Waals surface area contributed by atoms with E-state index in [2.05, 4.69) is 10.0 Å². The molecule has 0 radical (unpaired) electrons. The van der Waals surface area contributed by atoms with Gasteiger partial charge >= 0.3 is 0 Å². The highest BCUT2D eigenvalue weighted by molar-refractivity contribution is 7.93. The van der Waals surface area contributed by atoms with Gasteiger partial charge in [-0.25, -0.2) is 8.42 Å². The van der Waals surface area contributed by atoms with Crippen LogP contribution in [0.2, 0.25) is 0 Å². The van der Waals surface area contributed by atoms with Crippen LogP contribution in [-0.2, 0) is 10.0 Å². The predicted octanol–water partition coefficient (Wildman–Crippen LogP) is 3.42. The van der Waals surface area contributed by atoms with Crippen LogP contribution in [-0.4, -0.2) is 19.2 Å². The molecule has 9 heteroatoms. The maximum absolute atomic E-state index is 13.0. The van der Waals surface area contributed by atoms with Crippen molar-refractivity contribution in [2.24, 2.45) is 0 Å². The molecule has 0 spiro atoms. The van der Waals surface area contributed by atoms with Gasteiger partial charge in [-0.3, -0.25) is 19.6 Å². The summed E-state index contributed by atoms with van der Waals surface area (Å²) in [5.41, 5.74) is 1.54. The first-order valence-corrected chi connectivity index (χ1v) is 9.41. The Hall–Kier alpha value is -3.46. The van der Waals surface area contributed by atoms with Gasteiger partial charge in [0.1, 0.15) is 0 Å². The first-order valence-electron chi connectivity index (χ1n) is 7.93. The number of hydrogen-bond acceptors (Lipinski definition) is 5. The molecule has 8 nitrogen and oxygen atoms in total. The smallest absolute Gasteiger partial charge is 0.269 e. The number of carbonyl (C=O) groups is 1. The van der Waals surface area contributed by atoms with Crippen molar-refractivity contribution in [3.05, 3.63) is 69.8 Å². The number of carbonyl (C=O) groups excluding carboxylic acids is 1. The fraction of sp³-hybridized carbons (Fsp3) is 0.0556. The van der Waals surface area contributed by atoms with Gasteiger partial charge in [0.2, 0.25) is 0 Å². The Balaban J connectivity index is 1.81. The number of nitro groups is 1. The van der Waals surface area contributed by atoms with Crippen LogP contribution < -0.4 is 10.0 Å². The molecule has 0 saturated carbocycles. The Morgan fingerprint density at radius 1 is 1.11 bits per heavy atom. The number of anilines is 2. The monoisotopic (exact) mass is 383 g/mol. The third kappa shape index (κ3) is 2.68. The highest BCUT2D eigenvalue weighted by Crippen LogP contribution is 2.37. The van der Waals surface area contributed by atoms with Crippen LogP contribution in [0.1, 0.15) is 15.9 Å². The molecule has 3 aromatic rings. The number of aryl methyl sites for hydroxylation is 1. The van der Waals surface area contributed by atoms with E-state index in [0.717, 1.165) is 0 Å². The predicted molar refractivity (Wildman–Crippen MR) is 101 cm³/mol. The van der Waals surface area contributed by atoms with Gasteiger partial charge in [0.25, 0.3) is 21.6 Å². The summed E-state index contributed by atoms with van der Waals surface area (Å²) in [7, 11) is -3.98. The van der Waals surface area contributed by atoms with Crippen LogP contribution in [0.5, 0.6) is 0 Å². The minimum Gasteiger partial charge on any atom is -0.321 e. The largest absolute Gasteiger partial charge is 0.321 e. The molecule has 27 heavy (non-hydrogen) atoms. The Morgan fingerprint density at radius 3 is 2.59 bits per heavy atom. The number of non-ortho nitro benzene ring substituents is 1. The molecule has 1 heterocycles. The van der Waals surface area contributed by atoms with E-state index in [4.69, 9.17) is 0 Å². The van der Waals surface area contributed by atoms with E-state index in [1.807, 2.05) is 0 Å². The Labute approximate surface area is 154 Å². The van der Waals surface area contributed by atoms with Crippen molar-refractivity contribution in [1.82, 2.24) is 0 Å². The van der Waals surface area contributed by atoms with Gasteiger partial charge < -0.3 is 5.32 Å². The topological polar surface area (TPSA) is 118 Å². The molecule has 1 aliphatic rings. The average molecular weight is 383 g/mol. The second-order valence-corrected chi connectivity index (χ2v) is 7.81. The van der Waals surface area contributed by atoms with E-state index in [-0.39, 0.29) is 22.2 Å². The molecule has 0 saturated heterocycles. The molecule has 4 rings (SSSR count). The minimum atomic E-state index is -3.98. The molecule has 0 unspecified atom stereocenters. The minimum absolute atomic E-state index is 0.0253. The van der Waals surface area contributed by atoms with Crippen molar-refractivity contribution < 1.29 is 18.1 Å². The fourth-order valence-corrected chi connectivity index (χ4v) is 4.51. The molecule has 3 aromatic carbocycles. The third-order valence-electron chi connectivity index (χ3n) is 4.45. The van der Waals surface area contributed by atoms with Gasteiger partial charge in [-0.15, -0.1) is 0 Å². The number of sulfonamides is 1. The van der Waals surface area contributed by atoms with Crippen LogP contribution in [0.4, 0.5) is 17.1 Å². The Kier molecular flexibility index (Phi) is 3.63. The maximum Gasteiger partial charge on any atom is 0.269 e. The zero-order valence-corrected chi connectivity index (χ0v) is 14.8. The van der Waals surface area contributed by atoms with Crippen LogP contribution in [0.15, 0.2) is 53.4 Å². The number of nitrogens with zero attached hydrogens (tertiary/aromatic N) is 1. The van der Waals surface area contributed by atoms with Crippen LogP contribution in [0, 0.1) is 17.0 Å². The SMILES string of the molecule is Cc1cc([N+](=O)[O-])ccc1NS(=O)(=O)c1ccc2c3c(cccc13)C(=O)N2. The van der Waals surface area contributed by atoms with Crippen molar-refractivity contribution in [3.8, 4) is 0 Å². The molecule has 136 valence electrons. The molecule has 0 aliphatic carbocycles. The summed E-state index contributed by atoms with van der Waals surface area (Å²) in [6.45, 7) is 1.58. The van der Waals surface area contributed by atoms with Crippen molar-refractivity contribution in [2.75, 3.05) is 10.0 Å². The quantitative estimate of drug-likeness (QED) is 0.528. The van der Waals surface area contributed by atoms with Crippen molar-refractivity contribution in [2.45, 2.75) is 11.8 Å².